The van der Waals surface area contributed by atoms with E-state index in [9.17, 15) is 4.79 Å². The lowest BCUT2D eigenvalue weighted by Gasteiger charge is -2.05. The maximum atomic E-state index is 11.9. The molecule has 0 saturated carbocycles. The number of ether oxygens (including phenoxy) is 1. The summed E-state index contributed by atoms with van der Waals surface area (Å²) in [6, 6.07) is 6.81. The summed E-state index contributed by atoms with van der Waals surface area (Å²) in [5.74, 6) is 0.851. The van der Waals surface area contributed by atoms with Crippen LogP contribution in [-0.2, 0) is 18.2 Å². The number of esters is 1. The molecular formula is C14H13N5O3. The van der Waals surface area contributed by atoms with Crippen molar-refractivity contribution in [1.29, 1.82) is 0 Å². The third-order valence-electron chi connectivity index (χ3n) is 3.10. The van der Waals surface area contributed by atoms with Crippen LogP contribution in [0.2, 0.25) is 0 Å². The quantitative estimate of drug-likeness (QED) is 0.654. The second kappa shape index (κ2) is 6.17. The summed E-state index contributed by atoms with van der Waals surface area (Å²) in [7, 11) is 1.84. The van der Waals surface area contributed by atoms with Gasteiger partial charge in [-0.3, -0.25) is 0 Å². The number of hydrogen-bond acceptors (Lipinski definition) is 7. The van der Waals surface area contributed by atoms with E-state index in [0.29, 0.717) is 17.8 Å². The third-order valence-corrected chi connectivity index (χ3v) is 3.10. The smallest absolute Gasteiger partial charge is 0.338 e. The SMILES string of the molecule is Cn1cnnc1CCOC(=O)c1ccc(-c2ncon2)cc1. The zero-order valence-electron chi connectivity index (χ0n) is 11.8. The van der Waals surface area contributed by atoms with Gasteiger partial charge in [-0.2, -0.15) is 4.98 Å². The van der Waals surface area contributed by atoms with Crippen molar-refractivity contribution in [3.63, 3.8) is 0 Å². The maximum absolute atomic E-state index is 11.9. The lowest BCUT2D eigenvalue weighted by molar-refractivity contribution is 0.0507. The first-order valence-electron chi connectivity index (χ1n) is 6.61. The van der Waals surface area contributed by atoms with Crippen LogP contribution in [0.5, 0.6) is 0 Å². The van der Waals surface area contributed by atoms with Gasteiger partial charge in [-0.25, -0.2) is 4.79 Å². The Labute approximate surface area is 125 Å². The van der Waals surface area contributed by atoms with Gasteiger partial charge in [-0.1, -0.05) is 17.3 Å². The van der Waals surface area contributed by atoms with Crippen LogP contribution in [0.4, 0.5) is 0 Å². The molecule has 0 aliphatic carbocycles. The fourth-order valence-corrected chi connectivity index (χ4v) is 1.90. The Kier molecular flexibility index (Phi) is 3.90. The average Bonchev–Trinajstić information content (AvgIpc) is 3.20. The molecule has 0 radical (unpaired) electrons. The average molecular weight is 299 g/mol. The van der Waals surface area contributed by atoms with E-state index in [-0.39, 0.29) is 12.6 Å². The highest BCUT2D eigenvalue weighted by Crippen LogP contribution is 2.15. The Morgan fingerprint density at radius 3 is 2.77 bits per heavy atom. The first-order chi connectivity index (χ1) is 10.7. The number of rotatable bonds is 5. The molecule has 0 aliphatic heterocycles. The fraction of sp³-hybridized carbons (Fsp3) is 0.214. The van der Waals surface area contributed by atoms with Crippen LogP contribution >= 0.6 is 0 Å². The molecule has 0 atom stereocenters. The van der Waals surface area contributed by atoms with E-state index in [1.165, 1.54) is 6.39 Å². The largest absolute Gasteiger partial charge is 0.462 e. The molecule has 112 valence electrons. The van der Waals surface area contributed by atoms with Crippen LogP contribution in [0.25, 0.3) is 11.4 Å². The van der Waals surface area contributed by atoms with E-state index >= 15 is 0 Å². The zero-order chi connectivity index (χ0) is 15.4. The fourth-order valence-electron chi connectivity index (χ4n) is 1.90. The Bertz CT molecular complexity index is 749. The summed E-state index contributed by atoms with van der Waals surface area (Å²) in [6.07, 6.45) is 3.38. The first-order valence-corrected chi connectivity index (χ1v) is 6.61. The molecule has 0 spiro atoms. The predicted octanol–water partition coefficient (Wildman–Crippen LogP) is 1.26. The molecule has 0 aliphatic rings. The number of aromatic nitrogens is 5. The molecule has 3 rings (SSSR count). The number of nitrogens with zero attached hydrogens (tertiary/aromatic N) is 5. The molecular weight excluding hydrogens is 286 g/mol. The van der Waals surface area contributed by atoms with E-state index in [0.717, 1.165) is 11.4 Å². The summed E-state index contributed by atoms with van der Waals surface area (Å²) in [6.45, 7) is 0.248. The zero-order valence-corrected chi connectivity index (χ0v) is 11.8. The number of carbonyl (C=O) groups excluding carboxylic acids is 1. The van der Waals surface area contributed by atoms with Gasteiger partial charge in [0, 0.05) is 19.0 Å². The first kappa shape index (κ1) is 13.9. The Hall–Kier alpha value is -3.03. The van der Waals surface area contributed by atoms with E-state index in [1.54, 1.807) is 35.2 Å². The molecule has 0 saturated heterocycles. The van der Waals surface area contributed by atoms with E-state index < -0.39 is 0 Å². The molecule has 2 aromatic heterocycles. The molecule has 0 N–H and O–H groups in total. The van der Waals surface area contributed by atoms with E-state index in [4.69, 9.17) is 4.74 Å². The molecule has 0 amide bonds. The van der Waals surface area contributed by atoms with E-state index in [1.807, 2.05) is 7.05 Å². The highest BCUT2D eigenvalue weighted by atomic mass is 16.5. The van der Waals surface area contributed by atoms with Crippen molar-refractivity contribution >= 4 is 5.97 Å². The van der Waals surface area contributed by atoms with Gasteiger partial charge in [0.1, 0.15) is 12.2 Å². The van der Waals surface area contributed by atoms with Gasteiger partial charge in [-0.15, -0.1) is 10.2 Å². The van der Waals surface area contributed by atoms with Crippen molar-refractivity contribution in [2.45, 2.75) is 6.42 Å². The molecule has 3 aromatic rings. The second-order valence-corrected chi connectivity index (χ2v) is 4.58. The summed E-state index contributed by atoms with van der Waals surface area (Å²) in [5, 5.41) is 11.4. The van der Waals surface area contributed by atoms with Gasteiger partial charge >= 0.3 is 5.97 Å². The number of hydrogen-bond donors (Lipinski definition) is 0. The number of carbonyl (C=O) groups is 1. The highest BCUT2D eigenvalue weighted by Gasteiger charge is 2.10. The summed E-state index contributed by atoms with van der Waals surface area (Å²) < 4.78 is 11.7. The molecule has 0 bridgehead atoms. The van der Waals surface area contributed by atoms with Crippen molar-refractivity contribution < 1.29 is 14.1 Å². The minimum Gasteiger partial charge on any atom is -0.462 e. The Morgan fingerprint density at radius 2 is 2.14 bits per heavy atom. The molecule has 8 heteroatoms. The Morgan fingerprint density at radius 1 is 1.32 bits per heavy atom. The molecule has 1 aromatic carbocycles. The van der Waals surface area contributed by atoms with Crippen molar-refractivity contribution in [2.75, 3.05) is 6.61 Å². The van der Waals surface area contributed by atoms with Gasteiger partial charge < -0.3 is 13.8 Å². The van der Waals surface area contributed by atoms with Gasteiger partial charge in [0.15, 0.2) is 0 Å². The van der Waals surface area contributed by atoms with Crippen LogP contribution in [0.1, 0.15) is 16.2 Å². The van der Waals surface area contributed by atoms with Gasteiger partial charge in [-0.05, 0) is 12.1 Å². The number of benzene rings is 1. The summed E-state index contributed by atoms with van der Waals surface area (Å²) >= 11 is 0. The number of aryl methyl sites for hydroxylation is 1. The van der Waals surface area contributed by atoms with Crippen molar-refractivity contribution in [3.8, 4) is 11.4 Å². The van der Waals surface area contributed by atoms with Gasteiger partial charge in [0.25, 0.3) is 0 Å². The molecule has 8 nitrogen and oxygen atoms in total. The standard InChI is InChI=1S/C14H13N5O3/c1-19-8-16-17-12(19)6-7-21-14(20)11-4-2-10(3-5-11)13-15-9-22-18-13/h2-5,8-9H,6-7H2,1H3. The molecule has 0 unspecified atom stereocenters. The summed E-state index contributed by atoms with van der Waals surface area (Å²) in [5.41, 5.74) is 1.23. The van der Waals surface area contributed by atoms with Crippen molar-refractivity contribution in [1.82, 2.24) is 24.9 Å². The Balaban J connectivity index is 1.57. The van der Waals surface area contributed by atoms with E-state index in [2.05, 4.69) is 24.9 Å². The van der Waals surface area contributed by atoms with Crippen molar-refractivity contribution in [2.24, 2.45) is 7.05 Å². The molecule has 22 heavy (non-hydrogen) atoms. The van der Waals surface area contributed by atoms with Crippen LogP contribution in [0.3, 0.4) is 0 Å². The normalized spacial score (nSPS) is 10.6. The van der Waals surface area contributed by atoms with Crippen LogP contribution in [-0.4, -0.2) is 37.5 Å². The minimum absolute atomic E-state index is 0.248. The second-order valence-electron chi connectivity index (χ2n) is 4.58. The van der Waals surface area contributed by atoms with Crippen LogP contribution < -0.4 is 0 Å². The highest BCUT2D eigenvalue weighted by molar-refractivity contribution is 5.89. The lowest BCUT2D eigenvalue weighted by atomic mass is 10.1. The summed E-state index contributed by atoms with van der Waals surface area (Å²) in [4.78, 5) is 15.9. The monoisotopic (exact) mass is 299 g/mol. The van der Waals surface area contributed by atoms with Crippen LogP contribution in [0, 0.1) is 0 Å². The predicted molar refractivity (Wildman–Crippen MR) is 74.7 cm³/mol. The lowest BCUT2D eigenvalue weighted by Crippen LogP contribution is -2.10. The van der Waals surface area contributed by atoms with Gasteiger partial charge in [0.2, 0.25) is 12.2 Å². The third kappa shape index (κ3) is 3.00. The maximum Gasteiger partial charge on any atom is 0.338 e. The molecule has 0 fully saturated rings. The minimum atomic E-state index is -0.387. The molecule has 2 heterocycles. The topological polar surface area (TPSA) is 95.9 Å². The van der Waals surface area contributed by atoms with Gasteiger partial charge in [0.05, 0.1) is 12.2 Å². The van der Waals surface area contributed by atoms with Crippen LogP contribution in [0.15, 0.2) is 41.5 Å². The van der Waals surface area contributed by atoms with Crippen molar-refractivity contribution in [3.05, 3.63) is 48.4 Å².